The van der Waals surface area contributed by atoms with Gasteiger partial charge in [0.05, 0.1) is 5.92 Å². The van der Waals surface area contributed by atoms with Crippen LogP contribution in [-0.2, 0) is 30.5 Å². The van der Waals surface area contributed by atoms with Crippen molar-refractivity contribution in [3.63, 3.8) is 0 Å². The quantitative estimate of drug-likeness (QED) is 0.509. The van der Waals surface area contributed by atoms with Gasteiger partial charge >= 0.3 is 5.97 Å². The number of benzene rings is 1. The Labute approximate surface area is 185 Å². The first kappa shape index (κ1) is 21.2. The second-order valence-electron chi connectivity index (χ2n) is 10.4. The first-order valence-electron chi connectivity index (χ1n) is 11.8. The van der Waals surface area contributed by atoms with Gasteiger partial charge in [-0.15, -0.1) is 0 Å². The molecule has 170 valence electrons. The van der Waals surface area contributed by atoms with Gasteiger partial charge in [0.25, 0.3) is 0 Å². The summed E-state index contributed by atoms with van der Waals surface area (Å²) in [7, 11) is 4.09. The maximum atomic E-state index is 13.1. The van der Waals surface area contributed by atoms with E-state index in [1.165, 1.54) is 11.3 Å². The van der Waals surface area contributed by atoms with Crippen LogP contribution in [0.1, 0.15) is 57.9 Å². The number of hydrogen-bond acceptors (Lipinski definition) is 6. The zero-order chi connectivity index (χ0) is 21.8. The number of fused-ring (bicyclic) bond motifs is 2. The minimum atomic E-state index is -0.830. The summed E-state index contributed by atoms with van der Waals surface area (Å²) in [4.78, 5) is 27.2. The average molecular weight is 430 g/mol. The number of aryl methyl sites for hydroxylation is 1. The standard InChI is InChI=1S/C25H35NO5/c1-16-8-13-21-19(7-5-6-17-9-11-18(12-10-17)26(3)4)22(27)28-23-25(21)20(16)14-15-24(2,29-23)30-31-25/h9-12,16,19-21,23H,5-8,13-15H2,1-4H3/t16-,19-,20+,21+,23-,24+,25-/m1/s1. The number of rotatable bonds is 5. The van der Waals surface area contributed by atoms with Gasteiger partial charge in [-0.05, 0) is 69.1 Å². The van der Waals surface area contributed by atoms with Crippen molar-refractivity contribution < 1.29 is 24.0 Å². The van der Waals surface area contributed by atoms with Crippen molar-refractivity contribution in [1.82, 2.24) is 0 Å². The fourth-order valence-corrected chi connectivity index (χ4v) is 6.42. The Hall–Kier alpha value is -1.63. The Morgan fingerprint density at radius 3 is 2.58 bits per heavy atom. The topological polar surface area (TPSA) is 57.2 Å². The van der Waals surface area contributed by atoms with Crippen LogP contribution in [0, 0.1) is 23.7 Å². The van der Waals surface area contributed by atoms with Gasteiger partial charge in [-0.3, -0.25) is 4.79 Å². The lowest BCUT2D eigenvalue weighted by atomic mass is 9.57. The lowest BCUT2D eigenvalue weighted by Crippen LogP contribution is -2.70. The average Bonchev–Trinajstić information content (AvgIpc) is 2.97. The smallest absolute Gasteiger partial charge is 0.311 e. The van der Waals surface area contributed by atoms with E-state index >= 15 is 0 Å². The van der Waals surface area contributed by atoms with Crippen LogP contribution in [0.5, 0.6) is 0 Å². The predicted molar refractivity (Wildman–Crippen MR) is 116 cm³/mol. The molecule has 1 aromatic rings. The fourth-order valence-electron chi connectivity index (χ4n) is 6.42. The van der Waals surface area contributed by atoms with E-state index in [1.54, 1.807) is 0 Å². The highest BCUT2D eigenvalue weighted by Crippen LogP contribution is 2.60. The second kappa shape index (κ2) is 7.75. The summed E-state index contributed by atoms with van der Waals surface area (Å²) < 4.78 is 12.1. The first-order valence-corrected chi connectivity index (χ1v) is 11.8. The largest absolute Gasteiger partial charge is 0.432 e. The molecule has 0 amide bonds. The zero-order valence-electron chi connectivity index (χ0n) is 19.1. The third-order valence-electron chi connectivity index (χ3n) is 8.22. The van der Waals surface area contributed by atoms with Crippen LogP contribution in [0.4, 0.5) is 5.69 Å². The van der Waals surface area contributed by atoms with E-state index < -0.39 is 17.7 Å². The molecule has 0 N–H and O–H groups in total. The number of carbonyl (C=O) groups excluding carboxylic acids is 1. The molecule has 4 aliphatic heterocycles. The maximum Gasteiger partial charge on any atom is 0.311 e. The Balaban J connectivity index is 1.33. The van der Waals surface area contributed by atoms with Gasteiger partial charge in [0.15, 0.2) is 5.60 Å². The number of nitrogens with zero attached hydrogens (tertiary/aromatic N) is 1. The van der Waals surface area contributed by atoms with E-state index in [2.05, 4.69) is 36.1 Å². The fraction of sp³-hybridized carbons (Fsp3) is 0.720. The molecule has 5 aliphatic rings. The molecule has 4 heterocycles. The highest BCUT2D eigenvalue weighted by atomic mass is 17.3. The SMILES string of the molecule is C[C@@H]1CC[C@H]2[C@@H](CCCc3ccc(N(C)C)cc3)C(=O)O[C@@H]3O[C@]4(C)CC[C@@H]1[C@]32OO4. The molecule has 6 rings (SSSR count). The van der Waals surface area contributed by atoms with Gasteiger partial charge in [0, 0.05) is 38.0 Å². The summed E-state index contributed by atoms with van der Waals surface area (Å²) in [6.45, 7) is 4.18. The summed E-state index contributed by atoms with van der Waals surface area (Å²) in [5, 5.41) is 0. The van der Waals surface area contributed by atoms with E-state index in [-0.39, 0.29) is 23.7 Å². The number of carbonyl (C=O) groups is 1. The van der Waals surface area contributed by atoms with E-state index in [9.17, 15) is 4.79 Å². The van der Waals surface area contributed by atoms with Crippen molar-refractivity contribution in [3.05, 3.63) is 29.8 Å². The second-order valence-corrected chi connectivity index (χ2v) is 10.4. The van der Waals surface area contributed by atoms with Crippen molar-refractivity contribution in [3.8, 4) is 0 Å². The van der Waals surface area contributed by atoms with Crippen LogP contribution in [-0.4, -0.2) is 37.7 Å². The normalized spacial score (nSPS) is 41.3. The minimum Gasteiger partial charge on any atom is -0.432 e. The van der Waals surface area contributed by atoms with E-state index in [4.69, 9.17) is 19.2 Å². The predicted octanol–water partition coefficient (Wildman–Crippen LogP) is 4.46. The molecular formula is C25H35NO5. The Bertz CT molecular complexity index is 826. The van der Waals surface area contributed by atoms with E-state index in [0.717, 1.165) is 44.9 Å². The summed E-state index contributed by atoms with van der Waals surface area (Å²) in [6, 6.07) is 8.65. The highest BCUT2D eigenvalue weighted by Gasteiger charge is 2.70. The number of esters is 1. The molecule has 6 heteroatoms. The lowest BCUT2D eigenvalue weighted by Gasteiger charge is -2.58. The van der Waals surface area contributed by atoms with Gasteiger partial charge in [0.1, 0.15) is 0 Å². The molecule has 1 aromatic carbocycles. The van der Waals surface area contributed by atoms with Crippen molar-refractivity contribution in [2.24, 2.45) is 23.7 Å². The zero-order valence-corrected chi connectivity index (χ0v) is 19.1. The van der Waals surface area contributed by atoms with Crippen LogP contribution in [0.15, 0.2) is 24.3 Å². The summed E-state index contributed by atoms with van der Waals surface area (Å²) in [6.07, 6.45) is 5.84. The van der Waals surface area contributed by atoms with Gasteiger partial charge in [-0.25, -0.2) is 9.78 Å². The van der Waals surface area contributed by atoms with Crippen LogP contribution in [0.25, 0.3) is 0 Å². The minimum absolute atomic E-state index is 0.0821. The molecule has 6 nitrogen and oxygen atoms in total. The van der Waals surface area contributed by atoms with Crippen LogP contribution < -0.4 is 4.90 Å². The molecular weight excluding hydrogens is 394 g/mol. The molecule has 1 saturated carbocycles. The molecule has 5 fully saturated rings. The first-order chi connectivity index (χ1) is 14.8. The van der Waals surface area contributed by atoms with Gasteiger partial charge in [-0.2, -0.15) is 0 Å². The van der Waals surface area contributed by atoms with Gasteiger partial charge in [0.2, 0.25) is 12.1 Å². The van der Waals surface area contributed by atoms with Crippen LogP contribution in [0.2, 0.25) is 0 Å². The molecule has 0 unspecified atom stereocenters. The highest BCUT2D eigenvalue weighted by molar-refractivity contribution is 5.74. The Kier molecular flexibility index (Phi) is 5.31. The van der Waals surface area contributed by atoms with Crippen LogP contribution in [0.3, 0.4) is 0 Å². The van der Waals surface area contributed by atoms with Gasteiger partial charge in [-0.1, -0.05) is 19.1 Å². The van der Waals surface area contributed by atoms with Crippen molar-refractivity contribution in [2.45, 2.75) is 76.5 Å². The van der Waals surface area contributed by atoms with Crippen molar-refractivity contribution in [2.75, 3.05) is 19.0 Å². The summed E-state index contributed by atoms with van der Waals surface area (Å²) in [5.41, 5.74) is 1.83. The van der Waals surface area contributed by atoms with E-state index in [0.29, 0.717) is 5.92 Å². The number of anilines is 1. The summed E-state index contributed by atoms with van der Waals surface area (Å²) in [5.74, 6) is -0.255. The van der Waals surface area contributed by atoms with E-state index in [1.807, 2.05) is 21.0 Å². The lowest BCUT2D eigenvalue weighted by molar-refractivity contribution is -0.559. The Morgan fingerprint density at radius 1 is 1.06 bits per heavy atom. The van der Waals surface area contributed by atoms with Crippen LogP contribution >= 0.6 is 0 Å². The third-order valence-corrected chi connectivity index (χ3v) is 8.22. The summed E-state index contributed by atoms with van der Waals surface area (Å²) >= 11 is 0. The van der Waals surface area contributed by atoms with Crippen molar-refractivity contribution in [1.29, 1.82) is 0 Å². The molecule has 1 aliphatic carbocycles. The molecule has 1 spiro atoms. The molecule has 2 bridgehead atoms. The van der Waals surface area contributed by atoms with Gasteiger partial charge < -0.3 is 14.4 Å². The number of hydrogen-bond donors (Lipinski definition) is 0. The third kappa shape index (κ3) is 3.47. The Morgan fingerprint density at radius 2 is 1.84 bits per heavy atom. The molecule has 4 saturated heterocycles. The maximum absolute atomic E-state index is 13.1. The molecule has 0 aromatic heterocycles. The monoisotopic (exact) mass is 429 g/mol. The molecule has 31 heavy (non-hydrogen) atoms. The van der Waals surface area contributed by atoms with Crippen molar-refractivity contribution >= 4 is 11.7 Å². The number of ether oxygens (including phenoxy) is 2. The molecule has 7 atom stereocenters. The molecule has 0 radical (unpaired) electrons.